The number of anilines is 1. The minimum atomic E-state index is -0.651. The van der Waals surface area contributed by atoms with E-state index in [1.807, 2.05) is 0 Å². The SMILES string of the molecule is NC(=O)c1cc(NCc2ccc(CO)o2)cc(C(N)=O)c1. The zero-order valence-corrected chi connectivity index (χ0v) is 11.1. The molecule has 0 aliphatic carbocycles. The normalized spacial score (nSPS) is 10.3. The molecule has 7 heteroatoms. The first-order valence-electron chi connectivity index (χ1n) is 6.16. The van der Waals surface area contributed by atoms with E-state index in [0.29, 0.717) is 23.8 Å². The fourth-order valence-electron chi connectivity index (χ4n) is 1.81. The Morgan fingerprint density at radius 3 is 2.10 bits per heavy atom. The zero-order chi connectivity index (χ0) is 15.4. The van der Waals surface area contributed by atoms with Gasteiger partial charge in [-0.15, -0.1) is 0 Å². The lowest BCUT2D eigenvalue weighted by atomic mass is 10.1. The first-order chi connectivity index (χ1) is 9.99. The molecule has 1 aromatic heterocycles. The van der Waals surface area contributed by atoms with Gasteiger partial charge in [-0.05, 0) is 30.3 Å². The first-order valence-corrected chi connectivity index (χ1v) is 6.16. The van der Waals surface area contributed by atoms with Gasteiger partial charge in [0.25, 0.3) is 0 Å². The lowest BCUT2D eigenvalue weighted by Gasteiger charge is -2.08. The lowest BCUT2D eigenvalue weighted by molar-refractivity contribution is 0.0999. The summed E-state index contributed by atoms with van der Waals surface area (Å²) in [5.41, 5.74) is 11.3. The average molecular weight is 289 g/mol. The van der Waals surface area contributed by atoms with Crippen LogP contribution in [-0.4, -0.2) is 16.9 Å². The second-order valence-corrected chi connectivity index (χ2v) is 4.41. The molecule has 0 aliphatic rings. The van der Waals surface area contributed by atoms with Gasteiger partial charge in [-0.25, -0.2) is 0 Å². The van der Waals surface area contributed by atoms with Crippen LogP contribution in [0.25, 0.3) is 0 Å². The number of furan rings is 1. The zero-order valence-electron chi connectivity index (χ0n) is 11.1. The maximum absolute atomic E-state index is 11.2. The third kappa shape index (κ3) is 3.61. The fraction of sp³-hybridized carbons (Fsp3) is 0.143. The standard InChI is InChI=1S/C14H15N3O4/c15-13(19)8-3-9(14(16)20)5-10(4-8)17-6-11-1-2-12(7-18)21-11/h1-5,17-18H,6-7H2,(H2,15,19)(H2,16,20). The van der Waals surface area contributed by atoms with Gasteiger partial charge in [-0.1, -0.05) is 0 Å². The van der Waals surface area contributed by atoms with Crippen molar-refractivity contribution in [2.24, 2.45) is 11.5 Å². The number of aliphatic hydroxyl groups is 1. The van der Waals surface area contributed by atoms with Crippen LogP contribution in [0.15, 0.2) is 34.7 Å². The van der Waals surface area contributed by atoms with Gasteiger partial charge < -0.3 is 26.3 Å². The smallest absolute Gasteiger partial charge is 0.248 e. The third-order valence-electron chi connectivity index (χ3n) is 2.84. The summed E-state index contributed by atoms with van der Waals surface area (Å²) >= 11 is 0. The molecule has 0 bridgehead atoms. The number of carbonyl (C=O) groups excluding carboxylic acids is 2. The van der Waals surface area contributed by atoms with Crippen LogP contribution < -0.4 is 16.8 Å². The molecule has 6 N–H and O–H groups in total. The van der Waals surface area contributed by atoms with Crippen LogP contribution in [0.5, 0.6) is 0 Å². The highest BCUT2D eigenvalue weighted by molar-refractivity contribution is 5.99. The van der Waals surface area contributed by atoms with Crippen LogP contribution in [0.2, 0.25) is 0 Å². The Hall–Kier alpha value is -2.80. The van der Waals surface area contributed by atoms with E-state index >= 15 is 0 Å². The van der Waals surface area contributed by atoms with E-state index in [9.17, 15) is 9.59 Å². The summed E-state index contributed by atoms with van der Waals surface area (Å²) in [6, 6.07) is 7.75. The Bertz CT molecular complexity index is 646. The van der Waals surface area contributed by atoms with Gasteiger partial charge >= 0.3 is 0 Å². The van der Waals surface area contributed by atoms with Gasteiger partial charge in [-0.3, -0.25) is 9.59 Å². The second-order valence-electron chi connectivity index (χ2n) is 4.41. The molecule has 0 fully saturated rings. The molecule has 110 valence electrons. The molecule has 2 amide bonds. The van der Waals surface area contributed by atoms with E-state index in [4.69, 9.17) is 21.0 Å². The van der Waals surface area contributed by atoms with Crippen molar-refractivity contribution in [1.29, 1.82) is 0 Å². The van der Waals surface area contributed by atoms with Crippen molar-refractivity contribution in [2.75, 3.05) is 5.32 Å². The van der Waals surface area contributed by atoms with Crippen molar-refractivity contribution in [3.63, 3.8) is 0 Å². The molecule has 2 aromatic rings. The summed E-state index contributed by atoms with van der Waals surface area (Å²) < 4.78 is 5.31. The summed E-state index contributed by atoms with van der Waals surface area (Å²) in [4.78, 5) is 22.5. The molecule has 0 aliphatic heterocycles. The van der Waals surface area contributed by atoms with E-state index in [-0.39, 0.29) is 17.7 Å². The molecule has 21 heavy (non-hydrogen) atoms. The largest absolute Gasteiger partial charge is 0.462 e. The van der Waals surface area contributed by atoms with Gasteiger partial charge in [0.15, 0.2) is 0 Å². The number of carbonyl (C=O) groups is 2. The summed E-state index contributed by atoms with van der Waals surface area (Å²) in [5, 5.41) is 11.9. The van der Waals surface area contributed by atoms with Gasteiger partial charge in [0.2, 0.25) is 11.8 Å². The molecule has 1 aromatic carbocycles. The number of primary amides is 2. The number of rotatable bonds is 6. The van der Waals surface area contributed by atoms with Crippen molar-refractivity contribution in [3.8, 4) is 0 Å². The average Bonchev–Trinajstić information content (AvgIpc) is 2.92. The van der Waals surface area contributed by atoms with Crippen molar-refractivity contribution in [1.82, 2.24) is 0 Å². The van der Waals surface area contributed by atoms with Crippen LogP contribution in [-0.2, 0) is 13.2 Å². The van der Waals surface area contributed by atoms with Gasteiger partial charge in [0.05, 0.1) is 6.54 Å². The van der Waals surface area contributed by atoms with E-state index in [0.717, 1.165) is 0 Å². The summed E-state index contributed by atoms with van der Waals surface area (Å²) in [5.74, 6) is -0.247. The maximum Gasteiger partial charge on any atom is 0.248 e. The summed E-state index contributed by atoms with van der Waals surface area (Å²) in [6.07, 6.45) is 0. The number of amides is 2. The number of nitrogens with two attached hydrogens (primary N) is 2. The Morgan fingerprint density at radius 1 is 1.05 bits per heavy atom. The topological polar surface area (TPSA) is 132 Å². The third-order valence-corrected chi connectivity index (χ3v) is 2.84. The monoisotopic (exact) mass is 289 g/mol. The molecule has 2 rings (SSSR count). The minimum Gasteiger partial charge on any atom is -0.462 e. The molecule has 0 atom stereocenters. The highest BCUT2D eigenvalue weighted by Crippen LogP contribution is 2.17. The second kappa shape index (κ2) is 6.10. The number of nitrogens with one attached hydrogen (secondary N) is 1. The molecule has 1 heterocycles. The molecule has 7 nitrogen and oxygen atoms in total. The molecular weight excluding hydrogens is 274 g/mol. The summed E-state index contributed by atoms with van der Waals surface area (Å²) in [6.45, 7) is 0.142. The molecule has 0 saturated carbocycles. The van der Waals surface area contributed by atoms with Crippen molar-refractivity contribution >= 4 is 17.5 Å². The Balaban J connectivity index is 2.18. The summed E-state index contributed by atoms with van der Waals surface area (Å²) in [7, 11) is 0. The minimum absolute atomic E-state index is 0.178. The Labute approximate surface area is 120 Å². The Morgan fingerprint density at radius 2 is 1.62 bits per heavy atom. The predicted molar refractivity (Wildman–Crippen MR) is 75.4 cm³/mol. The van der Waals surface area contributed by atoms with Gasteiger partial charge in [-0.2, -0.15) is 0 Å². The van der Waals surface area contributed by atoms with E-state index in [2.05, 4.69) is 5.32 Å². The number of hydrogen-bond donors (Lipinski definition) is 4. The van der Waals surface area contributed by atoms with Crippen LogP contribution in [0.1, 0.15) is 32.2 Å². The Kier molecular flexibility index (Phi) is 4.24. The van der Waals surface area contributed by atoms with E-state index in [1.54, 1.807) is 12.1 Å². The van der Waals surface area contributed by atoms with Crippen molar-refractivity contribution < 1.29 is 19.1 Å². The maximum atomic E-state index is 11.2. The molecule has 0 spiro atoms. The highest BCUT2D eigenvalue weighted by atomic mass is 16.4. The van der Waals surface area contributed by atoms with Crippen LogP contribution in [0.3, 0.4) is 0 Å². The number of hydrogen-bond acceptors (Lipinski definition) is 5. The highest BCUT2D eigenvalue weighted by Gasteiger charge is 2.09. The van der Waals surface area contributed by atoms with Gasteiger partial charge in [0, 0.05) is 16.8 Å². The van der Waals surface area contributed by atoms with Crippen LogP contribution in [0.4, 0.5) is 5.69 Å². The van der Waals surface area contributed by atoms with Gasteiger partial charge in [0.1, 0.15) is 18.1 Å². The molecule has 0 radical (unpaired) electrons. The van der Waals surface area contributed by atoms with Crippen LogP contribution in [0, 0.1) is 0 Å². The molecular formula is C14H15N3O4. The van der Waals surface area contributed by atoms with Crippen LogP contribution >= 0.6 is 0 Å². The molecule has 0 unspecified atom stereocenters. The number of aliphatic hydroxyl groups excluding tert-OH is 1. The van der Waals surface area contributed by atoms with Crippen molar-refractivity contribution in [3.05, 3.63) is 53.0 Å². The quantitative estimate of drug-likeness (QED) is 0.617. The fourth-order valence-corrected chi connectivity index (χ4v) is 1.81. The first kappa shape index (κ1) is 14.6. The number of benzene rings is 1. The van der Waals surface area contributed by atoms with E-state index < -0.39 is 11.8 Å². The predicted octanol–water partition coefficient (Wildman–Crippen LogP) is 0.582. The van der Waals surface area contributed by atoms with Crippen molar-refractivity contribution in [2.45, 2.75) is 13.2 Å². The lowest BCUT2D eigenvalue weighted by Crippen LogP contribution is -2.16. The van der Waals surface area contributed by atoms with E-state index in [1.165, 1.54) is 18.2 Å². The molecule has 0 saturated heterocycles.